The van der Waals surface area contributed by atoms with Gasteiger partial charge in [0.25, 0.3) is 5.69 Å². The zero-order valence-corrected chi connectivity index (χ0v) is 18.0. The number of hydrogen-bond acceptors (Lipinski definition) is 10. The molecule has 0 bridgehead atoms. The van der Waals surface area contributed by atoms with Gasteiger partial charge in [-0.1, -0.05) is 12.1 Å². The summed E-state index contributed by atoms with van der Waals surface area (Å²) < 4.78 is 19.4. The second-order valence-corrected chi connectivity index (χ2v) is 6.72. The maximum Gasteiger partial charge on any atom is 0.338 e. The van der Waals surface area contributed by atoms with Crippen LogP contribution >= 0.6 is 0 Å². The lowest BCUT2D eigenvalue weighted by Gasteiger charge is -2.30. The molecule has 1 atom stereocenters. The molecule has 0 amide bonds. The summed E-state index contributed by atoms with van der Waals surface area (Å²) in [5, 5.41) is 11.0. The van der Waals surface area contributed by atoms with Crippen molar-refractivity contribution < 1.29 is 43.0 Å². The molecule has 0 fully saturated rings. The van der Waals surface area contributed by atoms with Gasteiger partial charge in [0.05, 0.1) is 50.1 Å². The molecule has 0 N–H and O–H groups in total. The van der Waals surface area contributed by atoms with Gasteiger partial charge in [0, 0.05) is 12.1 Å². The monoisotopic (exact) mass is 447 g/mol. The van der Waals surface area contributed by atoms with Gasteiger partial charge in [0.1, 0.15) is 5.41 Å². The van der Waals surface area contributed by atoms with Crippen molar-refractivity contribution in [3.63, 3.8) is 0 Å². The topological polar surface area (TPSA) is 148 Å². The summed E-state index contributed by atoms with van der Waals surface area (Å²) in [6, 6.07) is 5.12. The molecule has 0 saturated heterocycles. The van der Waals surface area contributed by atoms with Crippen LogP contribution in [0, 0.1) is 15.5 Å². The van der Waals surface area contributed by atoms with Crippen molar-refractivity contribution in [1.29, 1.82) is 0 Å². The van der Waals surface area contributed by atoms with Crippen molar-refractivity contribution in [3.05, 3.63) is 62.2 Å². The minimum absolute atomic E-state index is 0.0172. The van der Waals surface area contributed by atoms with E-state index < -0.39 is 39.8 Å². The third-order valence-electron chi connectivity index (χ3n) is 5.17. The third-order valence-corrected chi connectivity index (χ3v) is 5.17. The molecule has 0 radical (unpaired) electrons. The van der Waals surface area contributed by atoms with Gasteiger partial charge >= 0.3 is 23.9 Å². The zero-order valence-electron chi connectivity index (χ0n) is 18.0. The van der Waals surface area contributed by atoms with E-state index in [9.17, 15) is 29.3 Å². The molecule has 1 unspecified atom stereocenters. The highest BCUT2D eigenvalue weighted by Crippen LogP contribution is 2.51. The van der Waals surface area contributed by atoms with E-state index in [1.807, 2.05) is 0 Å². The molecule has 0 heterocycles. The lowest BCUT2D eigenvalue weighted by atomic mass is 9.71. The molecular formula is C21H21NO10. The largest absolute Gasteiger partial charge is 0.468 e. The summed E-state index contributed by atoms with van der Waals surface area (Å²) in [4.78, 5) is 61.8. The summed E-state index contributed by atoms with van der Waals surface area (Å²) >= 11 is 0. The Bertz CT molecular complexity index is 1050. The average Bonchev–Trinajstić information content (AvgIpc) is 3.05. The van der Waals surface area contributed by atoms with E-state index in [0.29, 0.717) is 5.56 Å². The number of non-ortho nitro benzene ring substituents is 1. The van der Waals surface area contributed by atoms with Gasteiger partial charge in [0.15, 0.2) is 0 Å². The first-order valence-electron chi connectivity index (χ1n) is 9.13. The van der Waals surface area contributed by atoms with Crippen LogP contribution in [0.5, 0.6) is 0 Å². The van der Waals surface area contributed by atoms with E-state index in [1.165, 1.54) is 31.2 Å². The fourth-order valence-corrected chi connectivity index (χ4v) is 3.80. The minimum atomic E-state index is -2.13. The Morgan fingerprint density at radius 1 is 0.844 bits per heavy atom. The zero-order chi connectivity index (χ0) is 24.2. The molecule has 0 aliphatic heterocycles. The molecule has 1 aliphatic rings. The number of nitro groups is 1. The van der Waals surface area contributed by atoms with E-state index in [2.05, 4.69) is 0 Å². The number of hydrogen-bond donors (Lipinski definition) is 0. The number of esters is 4. The lowest BCUT2D eigenvalue weighted by Crippen LogP contribution is -2.42. The normalized spacial score (nSPS) is 17.7. The Hall–Kier alpha value is -4.02. The number of rotatable bonds is 7. The maximum atomic E-state index is 13.2. The minimum Gasteiger partial charge on any atom is -0.468 e. The fourth-order valence-electron chi connectivity index (χ4n) is 3.80. The number of benzene rings is 1. The standard InChI is InChI=1S/C21H21NO10/c1-11-14(17(23)29-2)16(19(25)31-4)21(20(26)32-5,15(11)18(24)30-3)10-12-6-8-13(9-7-12)22(27)28/h6-9H,10H2,1-5H3. The molecule has 2 rings (SSSR count). The molecule has 11 nitrogen and oxygen atoms in total. The Kier molecular flexibility index (Phi) is 7.14. The van der Waals surface area contributed by atoms with Crippen molar-refractivity contribution >= 4 is 29.6 Å². The summed E-state index contributed by atoms with van der Waals surface area (Å²) in [7, 11) is 4.24. The summed E-state index contributed by atoms with van der Waals surface area (Å²) in [6.07, 6.45) is -0.357. The van der Waals surface area contributed by atoms with Crippen LogP contribution in [0.4, 0.5) is 5.69 Å². The molecule has 1 aliphatic carbocycles. The molecule has 32 heavy (non-hydrogen) atoms. The highest BCUT2D eigenvalue weighted by molar-refractivity contribution is 6.17. The van der Waals surface area contributed by atoms with Crippen LogP contribution in [-0.4, -0.2) is 57.2 Å². The van der Waals surface area contributed by atoms with Crippen LogP contribution in [-0.2, 0) is 44.5 Å². The maximum absolute atomic E-state index is 13.2. The number of methoxy groups -OCH3 is 4. The Labute approximate surface area is 182 Å². The Morgan fingerprint density at radius 3 is 1.78 bits per heavy atom. The summed E-state index contributed by atoms with van der Waals surface area (Å²) in [6.45, 7) is 1.36. The Balaban J connectivity index is 2.92. The van der Waals surface area contributed by atoms with E-state index in [-0.39, 0.29) is 28.8 Å². The van der Waals surface area contributed by atoms with Gasteiger partial charge in [-0.05, 0) is 24.5 Å². The number of nitro benzene ring substituents is 1. The van der Waals surface area contributed by atoms with Gasteiger partial charge in [-0.2, -0.15) is 0 Å². The quantitative estimate of drug-likeness (QED) is 0.260. The molecule has 170 valence electrons. The van der Waals surface area contributed by atoms with Crippen LogP contribution in [0.25, 0.3) is 0 Å². The molecule has 1 aromatic rings. The Morgan fingerprint density at radius 2 is 1.34 bits per heavy atom. The van der Waals surface area contributed by atoms with Crippen LogP contribution in [0.1, 0.15) is 12.5 Å². The first-order valence-corrected chi connectivity index (χ1v) is 9.13. The third kappa shape index (κ3) is 3.84. The predicted octanol–water partition coefficient (Wildman–Crippen LogP) is 1.44. The van der Waals surface area contributed by atoms with Gasteiger partial charge < -0.3 is 18.9 Å². The van der Waals surface area contributed by atoms with Gasteiger partial charge in [0.2, 0.25) is 0 Å². The molecule has 0 aromatic heterocycles. The van der Waals surface area contributed by atoms with Crippen molar-refractivity contribution in [1.82, 2.24) is 0 Å². The smallest absolute Gasteiger partial charge is 0.338 e. The number of carbonyl (C=O) groups excluding carboxylic acids is 4. The van der Waals surface area contributed by atoms with E-state index in [1.54, 1.807) is 0 Å². The molecule has 1 aromatic carbocycles. The highest BCUT2D eigenvalue weighted by atomic mass is 16.6. The van der Waals surface area contributed by atoms with Crippen molar-refractivity contribution in [2.24, 2.45) is 5.41 Å². The van der Waals surface area contributed by atoms with Crippen LogP contribution in [0.2, 0.25) is 0 Å². The van der Waals surface area contributed by atoms with Crippen LogP contribution in [0.15, 0.2) is 46.6 Å². The fraction of sp³-hybridized carbons (Fsp3) is 0.333. The summed E-state index contributed by atoms with van der Waals surface area (Å²) in [5.74, 6) is -4.04. The first kappa shape index (κ1) is 24.3. The molecule has 11 heteroatoms. The lowest BCUT2D eigenvalue weighted by molar-refractivity contribution is -0.384. The first-order chi connectivity index (χ1) is 15.1. The van der Waals surface area contributed by atoms with Crippen LogP contribution < -0.4 is 0 Å². The molecule has 0 spiro atoms. The number of nitrogens with zero attached hydrogens (tertiary/aromatic N) is 1. The number of carbonyl (C=O) groups is 4. The van der Waals surface area contributed by atoms with Gasteiger partial charge in [-0.3, -0.25) is 14.9 Å². The van der Waals surface area contributed by atoms with E-state index in [0.717, 1.165) is 28.4 Å². The van der Waals surface area contributed by atoms with E-state index >= 15 is 0 Å². The number of ether oxygens (including phenoxy) is 4. The second-order valence-electron chi connectivity index (χ2n) is 6.72. The van der Waals surface area contributed by atoms with Crippen molar-refractivity contribution in [2.45, 2.75) is 13.3 Å². The highest BCUT2D eigenvalue weighted by Gasteiger charge is 2.59. The average molecular weight is 447 g/mol. The van der Waals surface area contributed by atoms with Crippen molar-refractivity contribution in [3.8, 4) is 0 Å². The second kappa shape index (κ2) is 9.41. The van der Waals surface area contributed by atoms with Crippen molar-refractivity contribution in [2.75, 3.05) is 28.4 Å². The molecule has 0 saturated carbocycles. The SMILES string of the molecule is COC(=O)C1=C(C(=O)OC)C(Cc2ccc([N+](=O)[O-])cc2)(C(=O)OC)C(C(=O)OC)=C1C. The van der Waals surface area contributed by atoms with E-state index in [4.69, 9.17) is 18.9 Å². The summed E-state index contributed by atoms with van der Waals surface area (Å²) in [5.41, 5.74) is -3.09. The van der Waals surface area contributed by atoms with Crippen LogP contribution in [0.3, 0.4) is 0 Å². The predicted molar refractivity (Wildman–Crippen MR) is 107 cm³/mol. The van der Waals surface area contributed by atoms with Gasteiger partial charge in [-0.15, -0.1) is 0 Å². The molecular weight excluding hydrogens is 426 g/mol. The van der Waals surface area contributed by atoms with Gasteiger partial charge in [-0.25, -0.2) is 14.4 Å².